The molecule has 7 heteroatoms. The fourth-order valence-corrected chi connectivity index (χ4v) is 1.97. The van der Waals surface area contributed by atoms with Crippen molar-refractivity contribution in [3.05, 3.63) is 40.9 Å². The highest BCUT2D eigenvalue weighted by Gasteiger charge is 2.27. The first-order chi connectivity index (χ1) is 9.65. The van der Waals surface area contributed by atoms with Crippen LogP contribution in [0.25, 0.3) is 0 Å². The molecule has 1 aromatic carbocycles. The first-order valence-corrected chi connectivity index (χ1v) is 6.61. The van der Waals surface area contributed by atoms with Gasteiger partial charge >= 0.3 is 0 Å². The molecule has 0 bridgehead atoms. The van der Waals surface area contributed by atoms with Crippen molar-refractivity contribution in [3.8, 4) is 0 Å². The van der Waals surface area contributed by atoms with Gasteiger partial charge < -0.3 is 10.7 Å². The standard InChI is InChI=1S/C13H13ClFN5/c14-9-4-3-8(5-10(9)15)17-11-6-12(20-16)19-13(18-11)7-1-2-7/h3-7H,1-2,16H2,(H2,17,18,19,20). The number of nitrogens with two attached hydrogens (primary N) is 1. The van der Waals surface area contributed by atoms with Gasteiger partial charge in [-0.2, -0.15) is 0 Å². The molecule has 104 valence electrons. The van der Waals surface area contributed by atoms with Crippen LogP contribution in [0.5, 0.6) is 0 Å². The number of halogens is 2. The van der Waals surface area contributed by atoms with Crippen LogP contribution in [0.2, 0.25) is 5.02 Å². The molecule has 20 heavy (non-hydrogen) atoms. The smallest absolute Gasteiger partial charge is 0.145 e. The normalized spacial score (nSPS) is 14.2. The van der Waals surface area contributed by atoms with Gasteiger partial charge in [-0.25, -0.2) is 20.2 Å². The summed E-state index contributed by atoms with van der Waals surface area (Å²) >= 11 is 5.65. The summed E-state index contributed by atoms with van der Waals surface area (Å²) in [7, 11) is 0. The molecule has 3 rings (SSSR count). The molecule has 2 aromatic rings. The molecule has 1 aliphatic rings. The Labute approximate surface area is 120 Å². The molecule has 0 radical (unpaired) electrons. The zero-order valence-electron chi connectivity index (χ0n) is 10.5. The van der Waals surface area contributed by atoms with E-state index in [0.717, 1.165) is 18.7 Å². The number of benzene rings is 1. The maximum atomic E-state index is 13.4. The van der Waals surface area contributed by atoms with E-state index in [1.807, 2.05) is 0 Å². The summed E-state index contributed by atoms with van der Waals surface area (Å²) in [6.45, 7) is 0. The minimum absolute atomic E-state index is 0.0845. The molecule has 0 spiro atoms. The zero-order valence-corrected chi connectivity index (χ0v) is 11.3. The highest BCUT2D eigenvalue weighted by molar-refractivity contribution is 6.30. The molecule has 0 atom stereocenters. The molecule has 1 aliphatic carbocycles. The lowest BCUT2D eigenvalue weighted by Crippen LogP contribution is -2.11. The molecule has 1 fully saturated rings. The van der Waals surface area contributed by atoms with E-state index < -0.39 is 5.82 Å². The SMILES string of the molecule is NNc1cc(Nc2ccc(Cl)c(F)c2)nc(C2CC2)n1. The summed E-state index contributed by atoms with van der Waals surface area (Å²) in [5.41, 5.74) is 3.08. The summed E-state index contributed by atoms with van der Waals surface area (Å²) in [6.07, 6.45) is 2.17. The van der Waals surface area contributed by atoms with Gasteiger partial charge in [-0.15, -0.1) is 0 Å². The van der Waals surface area contributed by atoms with Crippen molar-refractivity contribution in [1.82, 2.24) is 9.97 Å². The number of nitrogens with zero attached hydrogens (tertiary/aromatic N) is 2. The van der Waals surface area contributed by atoms with E-state index in [0.29, 0.717) is 23.2 Å². The first-order valence-electron chi connectivity index (χ1n) is 6.23. The van der Waals surface area contributed by atoms with Gasteiger partial charge in [-0.1, -0.05) is 11.6 Å². The zero-order chi connectivity index (χ0) is 14.1. The molecule has 1 aromatic heterocycles. The van der Waals surface area contributed by atoms with Crippen molar-refractivity contribution in [2.24, 2.45) is 5.84 Å². The van der Waals surface area contributed by atoms with Crippen LogP contribution in [0, 0.1) is 5.82 Å². The van der Waals surface area contributed by atoms with Crippen LogP contribution in [0.3, 0.4) is 0 Å². The van der Waals surface area contributed by atoms with E-state index in [1.165, 1.54) is 12.1 Å². The molecule has 0 aliphatic heterocycles. The average molecular weight is 294 g/mol. The van der Waals surface area contributed by atoms with Gasteiger partial charge in [0.25, 0.3) is 0 Å². The summed E-state index contributed by atoms with van der Waals surface area (Å²) in [5.74, 6) is 7.15. The number of nitrogen functional groups attached to an aromatic ring is 1. The largest absolute Gasteiger partial charge is 0.340 e. The van der Waals surface area contributed by atoms with Gasteiger partial charge in [0.15, 0.2) is 0 Å². The molecule has 0 saturated heterocycles. The average Bonchev–Trinajstić information content (AvgIpc) is 3.27. The van der Waals surface area contributed by atoms with Crippen LogP contribution in [0.1, 0.15) is 24.6 Å². The maximum Gasteiger partial charge on any atom is 0.145 e. The predicted molar refractivity (Wildman–Crippen MR) is 76.5 cm³/mol. The lowest BCUT2D eigenvalue weighted by atomic mass is 10.3. The fraction of sp³-hybridized carbons (Fsp3) is 0.231. The predicted octanol–water partition coefficient (Wildman–Crippen LogP) is 3.18. The Morgan fingerprint density at radius 2 is 1.95 bits per heavy atom. The Balaban J connectivity index is 1.88. The molecular formula is C13H13ClFN5. The number of hydrogen-bond donors (Lipinski definition) is 3. The van der Waals surface area contributed by atoms with Crippen molar-refractivity contribution in [2.45, 2.75) is 18.8 Å². The van der Waals surface area contributed by atoms with Gasteiger partial charge in [-0.3, -0.25) is 0 Å². The Hall–Kier alpha value is -1.92. The lowest BCUT2D eigenvalue weighted by molar-refractivity contribution is 0.629. The van der Waals surface area contributed by atoms with Crippen molar-refractivity contribution in [2.75, 3.05) is 10.7 Å². The fourth-order valence-electron chi connectivity index (χ4n) is 1.85. The highest BCUT2D eigenvalue weighted by Crippen LogP contribution is 2.39. The quantitative estimate of drug-likeness (QED) is 0.596. The Bertz CT molecular complexity index is 645. The first kappa shape index (κ1) is 13.1. The summed E-state index contributed by atoms with van der Waals surface area (Å²) in [6, 6.07) is 6.15. The Morgan fingerprint density at radius 3 is 2.60 bits per heavy atom. The minimum Gasteiger partial charge on any atom is -0.340 e. The molecule has 4 N–H and O–H groups in total. The number of aromatic nitrogens is 2. The van der Waals surface area contributed by atoms with E-state index in [1.54, 1.807) is 12.1 Å². The van der Waals surface area contributed by atoms with Gasteiger partial charge in [-0.05, 0) is 31.0 Å². The Morgan fingerprint density at radius 1 is 1.20 bits per heavy atom. The van der Waals surface area contributed by atoms with Crippen LogP contribution in [-0.2, 0) is 0 Å². The Kier molecular flexibility index (Phi) is 3.42. The van der Waals surface area contributed by atoms with Crippen LogP contribution < -0.4 is 16.6 Å². The van der Waals surface area contributed by atoms with Crippen molar-refractivity contribution in [3.63, 3.8) is 0 Å². The van der Waals surface area contributed by atoms with E-state index >= 15 is 0 Å². The number of hydrogen-bond acceptors (Lipinski definition) is 5. The number of hydrazine groups is 1. The lowest BCUT2D eigenvalue weighted by Gasteiger charge is -2.09. The maximum absolute atomic E-state index is 13.4. The second kappa shape index (κ2) is 5.22. The summed E-state index contributed by atoms with van der Waals surface area (Å²) in [4.78, 5) is 8.72. The minimum atomic E-state index is -0.481. The van der Waals surface area contributed by atoms with Gasteiger partial charge in [0.2, 0.25) is 0 Å². The third kappa shape index (κ3) is 2.81. The van der Waals surface area contributed by atoms with Gasteiger partial charge in [0.05, 0.1) is 5.02 Å². The van der Waals surface area contributed by atoms with Crippen molar-refractivity contribution >= 4 is 28.9 Å². The topological polar surface area (TPSA) is 75.9 Å². The molecule has 5 nitrogen and oxygen atoms in total. The molecule has 1 saturated carbocycles. The third-order valence-corrected chi connectivity index (χ3v) is 3.33. The van der Waals surface area contributed by atoms with E-state index in [4.69, 9.17) is 17.4 Å². The second-order valence-corrected chi connectivity index (χ2v) is 5.08. The summed E-state index contributed by atoms with van der Waals surface area (Å²) < 4.78 is 13.4. The van der Waals surface area contributed by atoms with Crippen molar-refractivity contribution < 1.29 is 4.39 Å². The van der Waals surface area contributed by atoms with E-state index in [2.05, 4.69) is 20.7 Å². The van der Waals surface area contributed by atoms with Crippen molar-refractivity contribution in [1.29, 1.82) is 0 Å². The van der Waals surface area contributed by atoms with Crippen LogP contribution in [0.15, 0.2) is 24.3 Å². The second-order valence-electron chi connectivity index (χ2n) is 4.67. The number of nitrogens with one attached hydrogen (secondary N) is 2. The monoisotopic (exact) mass is 293 g/mol. The van der Waals surface area contributed by atoms with Gasteiger partial charge in [0, 0.05) is 17.7 Å². The van der Waals surface area contributed by atoms with E-state index in [-0.39, 0.29) is 5.02 Å². The summed E-state index contributed by atoms with van der Waals surface area (Å²) in [5, 5.41) is 3.11. The van der Waals surface area contributed by atoms with Gasteiger partial charge in [0.1, 0.15) is 23.3 Å². The van der Waals surface area contributed by atoms with Crippen LogP contribution >= 0.6 is 11.6 Å². The third-order valence-electron chi connectivity index (χ3n) is 3.03. The molecule has 1 heterocycles. The number of anilines is 3. The van der Waals surface area contributed by atoms with Crippen LogP contribution in [-0.4, -0.2) is 9.97 Å². The van der Waals surface area contributed by atoms with E-state index in [9.17, 15) is 4.39 Å². The number of rotatable bonds is 4. The molecular weight excluding hydrogens is 281 g/mol. The highest BCUT2D eigenvalue weighted by atomic mass is 35.5. The van der Waals surface area contributed by atoms with Crippen LogP contribution in [0.4, 0.5) is 21.7 Å². The molecule has 0 amide bonds. The molecule has 0 unspecified atom stereocenters.